The summed E-state index contributed by atoms with van der Waals surface area (Å²) in [4.78, 5) is 0. The van der Waals surface area contributed by atoms with Gasteiger partial charge in [0.1, 0.15) is 0 Å². The van der Waals surface area contributed by atoms with Crippen LogP contribution < -0.4 is 5.32 Å². The molecule has 0 radical (unpaired) electrons. The summed E-state index contributed by atoms with van der Waals surface area (Å²) in [5, 5.41) is 4.25. The molecule has 2 unspecified atom stereocenters. The Labute approximate surface area is 87.4 Å². The summed E-state index contributed by atoms with van der Waals surface area (Å²) < 4.78 is 0. The Bertz CT molecular complexity index is 125. The first-order chi connectivity index (χ1) is 6.24. The molecular formula is C11H23NS. The third-order valence-corrected chi connectivity index (χ3v) is 3.60. The van der Waals surface area contributed by atoms with Gasteiger partial charge in [0.15, 0.2) is 0 Å². The first kappa shape index (κ1) is 13.1. The van der Waals surface area contributed by atoms with Crippen LogP contribution in [0.5, 0.6) is 0 Å². The van der Waals surface area contributed by atoms with Gasteiger partial charge in [-0.05, 0) is 19.4 Å². The fourth-order valence-electron chi connectivity index (χ4n) is 1.10. The normalized spacial score (nSPS) is 15.3. The Kier molecular flexibility index (Phi) is 8.67. The van der Waals surface area contributed by atoms with Gasteiger partial charge in [0.2, 0.25) is 0 Å². The van der Waals surface area contributed by atoms with E-state index in [0.29, 0.717) is 6.04 Å². The Morgan fingerprint density at radius 1 is 1.46 bits per heavy atom. The zero-order valence-electron chi connectivity index (χ0n) is 9.18. The van der Waals surface area contributed by atoms with Crippen molar-refractivity contribution in [3.8, 4) is 0 Å². The van der Waals surface area contributed by atoms with Crippen LogP contribution in [-0.2, 0) is 0 Å². The van der Waals surface area contributed by atoms with E-state index < -0.39 is 0 Å². The molecular weight excluding hydrogens is 178 g/mol. The Hall–Kier alpha value is 0.0500. The quantitative estimate of drug-likeness (QED) is 0.606. The van der Waals surface area contributed by atoms with Gasteiger partial charge in [-0.2, -0.15) is 11.8 Å². The maximum atomic E-state index is 3.78. The van der Waals surface area contributed by atoms with Crippen molar-refractivity contribution in [2.75, 3.05) is 12.3 Å². The molecule has 0 aliphatic carbocycles. The third-order valence-electron chi connectivity index (χ3n) is 2.10. The van der Waals surface area contributed by atoms with Crippen LogP contribution in [0.1, 0.15) is 33.6 Å². The lowest BCUT2D eigenvalue weighted by Crippen LogP contribution is -2.31. The van der Waals surface area contributed by atoms with E-state index in [9.17, 15) is 0 Å². The van der Waals surface area contributed by atoms with E-state index >= 15 is 0 Å². The van der Waals surface area contributed by atoms with Crippen molar-refractivity contribution < 1.29 is 0 Å². The van der Waals surface area contributed by atoms with Crippen LogP contribution in [0.4, 0.5) is 0 Å². The SMILES string of the molecule is C=CCC(CSC(C)CC)NCC. The lowest BCUT2D eigenvalue weighted by molar-refractivity contribution is 0.581. The Morgan fingerprint density at radius 3 is 2.62 bits per heavy atom. The molecule has 0 saturated carbocycles. The molecule has 0 aliphatic rings. The minimum absolute atomic E-state index is 0.612. The fourth-order valence-corrected chi connectivity index (χ4v) is 2.15. The third kappa shape index (κ3) is 7.15. The average molecular weight is 201 g/mol. The van der Waals surface area contributed by atoms with E-state index in [1.54, 1.807) is 0 Å². The fraction of sp³-hybridized carbons (Fsp3) is 0.818. The van der Waals surface area contributed by atoms with Gasteiger partial charge in [0.25, 0.3) is 0 Å². The van der Waals surface area contributed by atoms with Gasteiger partial charge in [-0.3, -0.25) is 0 Å². The Balaban J connectivity index is 3.60. The molecule has 0 aromatic carbocycles. The van der Waals surface area contributed by atoms with E-state index in [1.807, 2.05) is 6.08 Å². The number of hydrogen-bond donors (Lipinski definition) is 1. The lowest BCUT2D eigenvalue weighted by atomic mass is 10.2. The highest BCUT2D eigenvalue weighted by molar-refractivity contribution is 7.99. The number of nitrogens with one attached hydrogen (secondary N) is 1. The summed E-state index contributed by atoms with van der Waals surface area (Å²) in [5.41, 5.74) is 0. The standard InChI is InChI=1S/C11H23NS/c1-5-8-11(12-7-3)9-13-10(4)6-2/h5,10-12H,1,6-9H2,2-4H3. The summed E-state index contributed by atoms with van der Waals surface area (Å²) in [6, 6.07) is 0.612. The molecule has 78 valence electrons. The monoisotopic (exact) mass is 201 g/mol. The van der Waals surface area contributed by atoms with Crippen molar-refractivity contribution in [3.63, 3.8) is 0 Å². The number of hydrogen-bond acceptors (Lipinski definition) is 2. The molecule has 0 aromatic heterocycles. The minimum Gasteiger partial charge on any atom is -0.313 e. The second kappa shape index (κ2) is 8.64. The molecule has 13 heavy (non-hydrogen) atoms. The average Bonchev–Trinajstić information content (AvgIpc) is 2.14. The smallest absolute Gasteiger partial charge is 0.0192 e. The van der Waals surface area contributed by atoms with Gasteiger partial charge < -0.3 is 5.32 Å². The summed E-state index contributed by atoms with van der Waals surface area (Å²) >= 11 is 2.05. The highest BCUT2D eigenvalue weighted by atomic mass is 32.2. The molecule has 0 heterocycles. The summed E-state index contributed by atoms with van der Waals surface area (Å²) in [5.74, 6) is 1.20. The van der Waals surface area contributed by atoms with E-state index in [2.05, 4.69) is 44.4 Å². The van der Waals surface area contributed by atoms with E-state index in [-0.39, 0.29) is 0 Å². The predicted molar refractivity (Wildman–Crippen MR) is 64.5 cm³/mol. The van der Waals surface area contributed by atoms with Gasteiger partial charge in [-0.25, -0.2) is 0 Å². The molecule has 1 nitrogen and oxygen atoms in total. The van der Waals surface area contributed by atoms with Crippen LogP contribution in [0.2, 0.25) is 0 Å². The van der Waals surface area contributed by atoms with Crippen LogP contribution in [0.25, 0.3) is 0 Å². The summed E-state index contributed by atoms with van der Waals surface area (Å²) in [6.07, 6.45) is 4.35. The molecule has 0 bridgehead atoms. The molecule has 0 rings (SSSR count). The summed E-state index contributed by atoms with van der Waals surface area (Å²) in [6.45, 7) is 11.5. The van der Waals surface area contributed by atoms with Crippen LogP contribution in [0, 0.1) is 0 Å². The maximum absolute atomic E-state index is 3.78. The first-order valence-electron chi connectivity index (χ1n) is 5.20. The van der Waals surface area contributed by atoms with Crippen molar-refractivity contribution in [2.24, 2.45) is 0 Å². The van der Waals surface area contributed by atoms with E-state index in [0.717, 1.165) is 18.2 Å². The van der Waals surface area contributed by atoms with Crippen molar-refractivity contribution in [1.29, 1.82) is 0 Å². The van der Waals surface area contributed by atoms with Gasteiger partial charge >= 0.3 is 0 Å². The van der Waals surface area contributed by atoms with Gasteiger partial charge in [-0.1, -0.05) is 26.8 Å². The van der Waals surface area contributed by atoms with Crippen LogP contribution in [0.15, 0.2) is 12.7 Å². The van der Waals surface area contributed by atoms with Crippen molar-refractivity contribution >= 4 is 11.8 Å². The lowest BCUT2D eigenvalue weighted by Gasteiger charge is -2.17. The van der Waals surface area contributed by atoms with Crippen molar-refractivity contribution in [3.05, 3.63) is 12.7 Å². The van der Waals surface area contributed by atoms with Crippen molar-refractivity contribution in [1.82, 2.24) is 5.32 Å². The van der Waals surface area contributed by atoms with Gasteiger partial charge in [-0.15, -0.1) is 6.58 Å². The molecule has 1 N–H and O–H groups in total. The van der Waals surface area contributed by atoms with Crippen molar-refractivity contribution in [2.45, 2.75) is 44.9 Å². The molecule has 0 aliphatic heterocycles. The molecule has 0 spiro atoms. The molecule has 0 amide bonds. The molecule has 2 atom stereocenters. The van der Waals surface area contributed by atoms with E-state index in [4.69, 9.17) is 0 Å². The maximum Gasteiger partial charge on any atom is 0.0192 e. The second-order valence-electron chi connectivity index (χ2n) is 3.33. The van der Waals surface area contributed by atoms with Crippen LogP contribution >= 0.6 is 11.8 Å². The number of rotatable bonds is 8. The highest BCUT2D eigenvalue weighted by Gasteiger charge is 2.07. The predicted octanol–water partition coefficient (Wildman–Crippen LogP) is 3.07. The van der Waals surface area contributed by atoms with Crippen LogP contribution in [-0.4, -0.2) is 23.6 Å². The topological polar surface area (TPSA) is 12.0 Å². The number of thioether (sulfide) groups is 1. The molecule has 0 fully saturated rings. The van der Waals surface area contributed by atoms with E-state index in [1.165, 1.54) is 12.2 Å². The largest absolute Gasteiger partial charge is 0.313 e. The zero-order valence-corrected chi connectivity index (χ0v) is 9.99. The summed E-state index contributed by atoms with van der Waals surface area (Å²) in [7, 11) is 0. The molecule has 2 heteroatoms. The Morgan fingerprint density at radius 2 is 2.15 bits per heavy atom. The first-order valence-corrected chi connectivity index (χ1v) is 6.25. The molecule has 0 saturated heterocycles. The molecule has 0 aromatic rings. The minimum atomic E-state index is 0.612. The highest BCUT2D eigenvalue weighted by Crippen LogP contribution is 2.15. The zero-order chi connectivity index (χ0) is 10.1. The van der Waals surface area contributed by atoms with Crippen LogP contribution in [0.3, 0.4) is 0 Å². The van der Waals surface area contributed by atoms with Gasteiger partial charge in [0, 0.05) is 17.0 Å². The van der Waals surface area contributed by atoms with Gasteiger partial charge in [0.05, 0.1) is 0 Å². The second-order valence-corrected chi connectivity index (χ2v) is 4.80.